The van der Waals surface area contributed by atoms with Crippen molar-refractivity contribution in [3.8, 4) is 0 Å². The first-order chi connectivity index (χ1) is 8.31. The number of benzene rings is 1. The first kappa shape index (κ1) is 14.6. The van der Waals surface area contributed by atoms with Crippen LogP contribution in [0.4, 0.5) is 4.39 Å². The average Bonchev–Trinajstić information content (AvgIpc) is 2.26. The lowest BCUT2D eigenvalue weighted by Crippen LogP contribution is -2.41. The van der Waals surface area contributed by atoms with Crippen molar-refractivity contribution in [3.05, 3.63) is 35.6 Å². The molecule has 18 heavy (non-hydrogen) atoms. The highest BCUT2D eigenvalue weighted by Crippen LogP contribution is 2.20. The molecular formula is C14H21FN2O. The maximum Gasteiger partial charge on any atom is 0.221 e. The molecule has 0 unspecified atom stereocenters. The van der Waals surface area contributed by atoms with Crippen LogP contribution < -0.4 is 5.32 Å². The molecule has 0 saturated heterocycles. The number of hydrogen-bond acceptors (Lipinski definition) is 2. The molecule has 0 atom stereocenters. The summed E-state index contributed by atoms with van der Waals surface area (Å²) in [5, 5.41) is 2.96. The molecule has 0 saturated carbocycles. The fourth-order valence-corrected chi connectivity index (χ4v) is 1.67. The predicted octanol–water partition coefficient (Wildman–Crippen LogP) is 2.13. The highest BCUT2D eigenvalue weighted by atomic mass is 19.1. The summed E-state index contributed by atoms with van der Waals surface area (Å²) in [5.74, 6) is -0.272. The van der Waals surface area contributed by atoms with Crippen molar-refractivity contribution in [1.29, 1.82) is 0 Å². The van der Waals surface area contributed by atoms with Crippen LogP contribution in [0.5, 0.6) is 0 Å². The minimum absolute atomic E-state index is 0.00183. The second-order valence-corrected chi connectivity index (χ2v) is 5.23. The third-order valence-corrected chi connectivity index (χ3v) is 2.80. The number of halogens is 1. The lowest BCUT2D eigenvalue weighted by Gasteiger charge is -2.27. The van der Waals surface area contributed by atoms with Crippen molar-refractivity contribution >= 4 is 5.91 Å². The topological polar surface area (TPSA) is 32.3 Å². The Bertz CT molecular complexity index is 399. The van der Waals surface area contributed by atoms with E-state index >= 15 is 0 Å². The molecule has 0 bridgehead atoms. The standard InChI is InChI=1S/C14H21FN2O/c1-14(2,11-5-7-12(15)8-6-11)16-13(18)9-10-17(3)4/h5-8H,9-10H2,1-4H3,(H,16,18). The van der Waals surface area contributed by atoms with Gasteiger partial charge in [-0.1, -0.05) is 12.1 Å². The number of rotatable bonds is 5. The van der Waals surface area contributed by atoms with Crippen molar-refractivity contribution in [3.63, 3.8) is 0 Å². The van der Waals surface area contributed by atoms with Crippen molar-refractivity contribution in [2.24, 2.45) is 0 Å². The van der Waals surface area contributed by atoms with Crippen LogP contribution in [0.1, 0.15) is 25.8 Å². The zero-order valence-corrected chi connectivity index (χ0v) is 11.5. The van der Waals surface area contributed by atoms with E-state index in [1.54, 1.807) is 12.1 Å². The zero-order valence-electron chi connectivity index (χ0n) is 11.5. The largest absolute Gasteiger partial charge is 0.347 e. The van der Waals surface area contributed by atoms with Gasteiger partial charge in [0.05, 0.1) is 5.54 Å². The molecule has 0 aliphatic rings. The van der Waals surface area contributed by atoms with Gasteiger partial charge in [0.15, 0.2) is 0 Å². The molecule has 0 heterocycles. The molecule has 1 aromatic rings. The van der Waals surface area contributed by atoms with Gasteiger partial charge < -0.3 is 10.2 Å². The number of carbonyl (C=O) groups is 1. The molecule has 3 nitrogen and oxygen atoms in total. The Balaban J connectivity index is 2.63. The van der Waals surface area contributed by atoms with Crippen LogP contribution in [-0.2, 0) is 10.3 Å². The molecule has 1 amide bonds. The highest BCUT2D eigenvalue weighted by molar-refractivity contribution is 5.77. The Hall–Kier alpha value is -1.42. The highest BCUT2D eigenvalue weighted by Gasteiger charge is 2.22. The van der Waals surface area contributed by atoms with Crippen molar-refractivity contribution in [1.82, 2.24) is 10.2 Å². The molecule has 0 aliphatic carbocycles. The molecule has 1 aromatic carbocycles. The summed E-state index contributed by atoms with van der Waals surface area (Å²) >= 11 is 0. The molecule has 1 N–H and O–H groups in total. The number of nitrogens with zero attached hydrogens (tertiary/aromatic N) is 1. The summed E-state index contributed by atoms with van der Waals surface area (Å²) in [6, 6.07) is 6.20. The zero-order chi connectivity index (χ0) is 13.8. The van der Waals surface area contributed by atoms with E-state index < -0.39 is 5.54 Å². The Morgan fingerprint density at radius 2 is 1.83 bits per heavy atom. The van der Waals surface area contributed by atoms with Gasteiger partial charge in [-0.25, -0.2) is 4.39 Å². The molecule has 0 radical (unpaired) electrons. The van der Waals surface area contributed by atoms with Crippen molar-refractivity contribution < 1.29 is 9.18 Å². The first-order valence-corrected chi connectivity index (χ1v) is 6.03. The van der Waals surface area contributed by atoms with Crippen LogP contribution in [0, 0.1) is 5.82 Å². The smallest absolute Gasteiger partial charge is 0.221 e. The van der Waals surface area contributed by atoms with Crippen molar-refractivity contribution in [2.75, 3.05) is 20.6 Å². The van der Waals surface area contributed by atoms with Gasteiger partial charge in [-0.2, -0.15) is 0 Å². The van der Waals surface area contributed by atoms with E-state index in [0.717, 1.165) is 5.56 Å². The number of carbonyl (C=O) groups excluding carboxylic acids is 1. The third kappa shape index (κ3) is 4.45. The van der Waals surface area contributed by atoms with E-state index in [2.05, 4.69) is 5.32 Å². The summed E-state index contributed by atoms with van der Waals surface area (Å²) in [6.07, 6.45) is 0.456. The number of nitrogens with one attached hydrogen (secondary N) is 1. The summed E-state index contributed by atoms with van der Waals surface area (Å²) in [7, 11) is 3.86. The average molecular weight is 252 g/mol. The molecular weight excluding hydrogens is 231 g/mol. The van der Waals surface area contributed by atoms with Gasteiger partial charge in [0.1, 0.15) is 5.82 Å². The van der Waals surface area contributed by atoms with Crippen LogP contribution >= 0.6 is 0 Å². The Kier molecular flexibility index (Phi) is 4.84. The lowest BCUT2D eigenvalue weighted by molar-refractivity contribution is -0.123. The van der Waals surface area contributed by atoms with E-state index in [1.807, 2.05) is 32.8 Å². The van der Waals surface area contributed by atoms with E-state index in [9.17, 15) is 9.18 Å². The van der Waals surface area contributed by atoms with Gasteiger partial charge in [-0.3, -0.25) is 4.79 Å². The van der Waals surface area contributed by atoms with Crippen LogP contribution in [0.25, 0.3) is 0 Å². The van der Waals surface area contributed by atoms with E-state index in [4.69, 9.17) is 0 Å². The monoisotopic (exact) mass is 252 g/mol. The van der Waals surface area contributed by atoms with Gasteiger partial charge in [0.2, 0.25) is 5.91 Å². The van der Waals surface area contributed by atoms with Crippen molar-refractivity contribution in [2.45, 2.75) is 25.8 Å². The summed E-state index contributed by atoms with van der Waals surface area (Å²) in [6.45, 7) is 4.53. The summed E-state index contributed by atoms with van der Waals surface area (Å²) in [4.78, 5) is 13.8. The maximum absolute atomic E-state index is 12.9. The van der Waals surface area contributed by atoms with Gasteiger partial charge >= 0.3 is 0 Å². The quantitative estimate of drug-likeness (QED) is 0.870. The van der Waals surface area contributed by atoms with Crippen LogP contribution in [0.3, 0.4) is 0 Å². The van der Waals surface area contributed by atoms with E-state index in [0.29, 0.717) is 13.0 Å². The van der Waals surface area contributed by atoms with E-state index in [-0.39, 0.29) is 11.7 Å². The van der Waals surface area contributed by atoms with Gasteiger partial charge in [-0.05, 0) is 45.6 Å². The fraction of sp³-hybridized carbons (Fsp3) is 0.500. The van der Waals surface area contributed by atoms with Crippen LogP contribution in [-0.4, -0.2) is 31.4 Å². The SMILES string of the molecule is CN(C)CCC(=O)NC(C)(C)c1ccc(F)cc1. The van der Waals surface area contributed by atoms with Gasteiger partial charge in [0, 0.05) is 13.0 Å². The predicted molar refractivity (Wildman–Crippen MR) is 70.7 cm³/mol. The summed E-state index contributed by atoms with van der Waals surface area (Å²) < 4.78 is 12.9. The lowest BCUT2D eigenvalue weighted by atomic mass is 9.94. The third-order valence-electron chi connectivity index (χ3n) is 2.80. The summed E-state index contributed by atoms with van der Waals surface area (Å²) in [5.41, 5.74) is 0.402. The molecule has 100 valence electrons. The Morgan fingerprint density at radius 3 is 2.33 bits per heavy atom. The van der Waals surface area contributed by atoms with Gasteiger partial charge in [-0.15, -0.1) is 0 Å². The van der Waals surface area contributed by atoms with Crippen LogP contribution in [0.15, 0.2) is 24.3 Å². The first-order valence-electron chi connectivity index (χ1n) is 6.03. The fourth-order valence-electron chi connectivity index (χ4n) is 1.67. The molecule has 0 aromatic heterocycles. The molecule has 0 fully saturated rings. The normalized spacial score (nSPS) is 11.7. The maximum atomic E-state index is 12.9. The second kappa shape index (κ2) is 5.96. The molecule has 1 rings (SSSR count). The van der Waals surface area contributed by atoms with Crippen LogP contribution in [0.2, 0.25) is 0 Å². The molecule has 4 heteroatoms. The Labute approximate surface area is 108 Å². The van der Waals surface area contributed by atoms with Gasteiger partial charge in [0.25, 0.3) is 0 Å². The minimum Gasteiger partial charge on any atom is -0.347 e. The number of amides is 1. The number of hydrogen-bond donors (Lipinski definition) is 1. The molecule has 0 spiro atoms. The molecule has 0 aliphatic heterocycles. The Morgan fingerprint density at radius 1 is 1.28 bits per heavy atom. The second-order valence-electron chi connectivity index (χ2n) is 5.23. The minimum atomic E-state index is -0.489. The van der Waals surface area contributed by atoms with E-state index in [1.165, 1.54) is 12.1 Å².